The molecule has 3 heteroatoms. The molecule has 0 aliphatic heterocycles. The standard InChI is InChI=1S/C12H18ClNO/c1-12(2,3)11(14)9-7-8(13)5-6-10(9)15-4/h5-7,11H,14H2,1-4H3/t11-/m1/s1. The fourth-order valence-electron chi connectivity index (χ4n) is 1.41. The SMILES string of the molecule is COc1ccc(Cl)cc1[C@@H](N)C(C)(C)C. The Bertz CT molecular complexity index is 344. The normalized spacial score (nSPS) is 13.7. The molecule has 1 atom stereocenters. The van der Waals surface area contributed by atoms with Crippen molar-refractivity contribution in [3.05, 3.63) is 28.8 Å². The lowest BCUT2D eigenvalue weighted by Crippen LogP contribution is -2.26. The first-order valence-corrected chi connectivity index (χ1v) is 5.33. The number of rotatable bonds is 2. The summed E-state index contributed by atoms with van der Waals surface area (Å²) in [5, 5.41) is 0.686. The van der Waals surface area contributed by atoms with Crippen LogP contribution in [0.1, 0.15) is 32.4 Å². The van der Waals surface area contributed by atoms with Crippen LogP contribution in [0.5, 0.6) is 5.75 Å². The summed E-state index contributed by atoms with van der Waals surface area (Å²) in [6.07, 6.45) is 0. The van der Waals surface area contributed by atoms with Crippen molar-refractivity contribution in [2.45, 2.75) is 26.8 Å². The van der Waals surface area contributed by atoms with Gasteiger partial charge in [0.25, 0.3) is 0 Å². The molecule has 84 valence electrons. The molecule has 0 heterocycles. The van der Waals surface area contributed by atoms with Crippen LogP contribution in [-0.4, -0.2) is 7.11 Å². The van der Waals surface area contributed by atoms with Crippen LogP contribution in [0, 0.1) is 5.41 Å². The van der Waals surface area contributed by atoms with Crippen molar-refractivity contribution in [2.75, 3.05) is 7.11 Å². The molecule has 1 aromatic carbocycles. The summed E-state index contributed by atoms with van der Waals surface area (Å²) in [5.74, 6) is 0.793. The minimum absolute atomic E-state index is 0.0159. The van der Waals surface area contributed by atoms with Gasteiger partial charge in [0.1, 0.15) is 5.75 Å². The molecule has 0 fully saturated rings. The topological polar surface area (TPSA) is 35.2 Å². The van der Waals surface area contributed by atoms with E-state index in [9.17, 15) is 0 Å². The molecule has 2 nitrogen and oxygen atoms in total. The zero-order valence-electron chi connectivity index (χ0n) is 9.67. The monoisotopic (exact) mass is 227 g/mol. The van der Waals surface area contributed by atoms with Gasteiger partial charge in [-0.1, -0.05) is 32.4 Å². The summed E-state index contributed by atoms with van der Waals surface area (Å²) < 4.78 is 5.28. The van der Waals surface area contributed by atoms with Crippen molar-refractivity contribution in [3.63, 3.8) is 0 Å². The summed E-state index contributed by atoms with van der Waals surface area (Å²) in [6.45, 7) is 6.29. The molecule has 0 aromatic heterocycles. The molecule has 0 amide bonds. The van der Waals surface area contributed by atoms with Gasteiger partial charge < -0.3 is 10.5 Å². The summed E-state index contributed by atoms with van der Waals surface area (Å²) in [6, 6.07) is 5.44. The van der Waals surface area contributed by atoms with Crippen LogP contribution < -0.4 is 10.5 Å². The number of benzene rings is 1. The first kappa shape index (κ1) is 12.3. The van der Waals surface area contributed by atoms with Crippen LogP contribution in [0.15, 0.2) is 18.2 Å². The fraction of sp³-hybridized carbons (Fsp3) is 0.500. The van der Waals surface area contributed by atoms with Crippen molar-refractivity contribution in [2.24, 2.45) is 11.1 Å². The highest BCUT2D eigenvalue weighted by atomic mass is 35.5. The van der Waals surface area contributed by atoms with Gasteiger partial charge in [0, 0.05) is 16.6 Å². The number of methoxy groups -OCH3 is 1. The summed E-state index contributed by atoms with van der Waals surface area (Å²) in [7, 11) is 1.64. The van der Waals surface area contributed by atoms with Crippen LogP contribution in [0.25, 0.3) is 0 Å². The maximum absolute atomic E-state index is 6.18. The Morgan fingerprint density at radius 1 is 1.33 bits per heavy atom. The third-order valence-corrected chi connectivity index (χ3v) is 2.69. The third kappa shape index (κ3) is 2.86. The number of nitrogens with two attached hydrogens (primary N) is 1. The van der Waals surface area contributed by atoms with Gasteiger partial charge in [-0.05, 0) is 23.6 Å². The molecule has 0 saturated carbocycles. The van der Waals surface area contributed by atoms with Gasteiger partial charge in [0.2, 0.25) is 0 Å². The Hall–Kier alpha value is -0.730. The first-order valence-electron chi connectivity index (χ1n) is 4.95. The van der Waals surface area contributed by atoms with Crippen LogP contribution in [0.4, 0.5) is 0 Å². The summed E-state index contributed by atoms with van der Waals surface area (Å²) in [5.41, 5.74) is 7.12. The molecule has 0 bridgehead atoms. The van der Waals surface area contributed by atoms with E-state index < -0.39 is 0 Å². The molecule has 0 radical (unpaired) electrons. The molecule has 0 unspecified atom stereocenters. The maximum Gasteiger partial charge on any atom is 0.123 e. The molecule has 2 N–H and O–H groups in total. The largest absolute Gasteiger partial charge is 0.496 e. The van der Waals surface area contributed by atoms with Crippen molar-refractivity contribution < 1.29 is 4.74 Å². The maximum atomic E-state index is 6.18. The average Bonchev–Trinajstić information content (AvgIpc) is 2.15. The van der Waals surface area contributed by atoms with Crippen molar-refractivity contribution >= 4 is 11.6 Å². The lowest BCUT2D eigenvalue weighted by molar-refractivity contribution is 0.314. The highest BCUT2D eigenvalue weighted by Crippen LogP contribution is 2.36. The Balaban J connectivity index is 3.17. The molecule has 1 rings (SSSR count). The zero-order valence-corrected chi connectivity index (χ0v) is 10.4. The number of hydrogen-bond donors (Lipinski definition) is 1. The van der Waals surface area contributed by atoms with E-state index in [4.69, 9.17) is 22.1 Å². The first-order chi connectivity index (χ1) is 6.86. The quantitative estimate of drug-likeness (QED) is 0.841. The van der Waals surface area contributed by atoms with Gasteiger partial charge in [-0.25, -0.2) is 0 Å². The van der Waals surface area contributed by atoms with Gasteiger partial charge >= 0.3 is 0 Å². The molecule has 1 aromatic rings. The van der Waals surface area contributed by atoms with E-state index in [1.807, 2.05) is 12.1 Å². The predicted octanol–water partition coefficient (Wildman–Crippen LogP) is 3.39. The molecule has 0 aliphatic rings. The van der Waals surface area contributed by atoms with Crippen molar-refractivity contribution in [3.8, 4) is 5.75 Å². The molecule has 0 aliphatic carbocycles. The highest BCUT2D eigenvalue weighted by Gasteiger charge is 2.25. The van der Waals surface area contributed by atoms with Crippen molar-refractivity contribution in [1.29, 1.82) is 0 Å². The van der Waals surface area contributed by atoms with Crippen LogP contribution in [0.3, 0.4) is 0 Å². The van der Waals surface area contributed by atoms with E-state index >= 15 is 0 Å². The fourth-order valence-corrected chi connectivity index (χ4v) is 1.60. The van der Waals surface area contributed by atoms with Crippen LogP contribution >= 0.6 is 11.6 Å². The second-order valence-electron chi connectivity index (χ2n) is 4.73. The predicted molar refractivity (Wildman–Crippen MR) is 64.4 cm³/mol. The molecule has 15 heavy (non-hydrogen) atoms. The van der Waals surface area contributed by atoms with E-state index in [0.29, 0.717) is 5.02 Å². The number of ether oxygens (including phenoxy) is 1. The van der Waals surface area contributed by atoms with Gasteiger partial charge in [-0.2, -0.15) is 0 Å². The Morgan fingerprint density at radius 3 is 2.40 bits per heavy atom. The van der Waals surface area contributed by atoms with E-state index in [2.05, 4.69) is 20.8 Å². The minimum Gasteiger partial charge on any atom is -0.496 e. The molecule has 0 spiro atoms. The van der Waals surface area contributed by atoms with Crippen molar-refractivity contribution in [1.82, 2.24) is 0 Å². The Kier molecular flexibility index (Phi) is 3.63. The summed E-state index contributed by atoms with van der Waals surface area (Å²) in [4.78, 5) is 0. The van der Waals surface area contributed by atoms with Gasteiger partial charge in [0.05, 0.1) is 7.11 Å². The van der Waals surface area contributed by atoms with E-state index in [1.165, 1.54) is 0 Å². The molecular weight excluding hydrogens is 210 g/mol. The van der Waals surface area contributed by atoms with E-state index in [1.54, 1.807) is 13.2 Å². The number of halogens is 1. The average molecular weight is 228 g/mol. The van der Waals surface area contributed by atoms with Gasteiger partial charge in [-0.15, -0.1) is 0 Å². The third-order valence-electron chi connectivity index (χ3n) is 2.46. The second-order valence-corrected chi connectivity index (χ2v) is 5.17. The Morgan fingerprint density at radius 2 is 1.93 bits per heavy atom. The molecule has 0 saturated heterocycles. The lowest BCUT2D eigenvalue weighted by atomic mass is 9.83. The molecular formula is C12H18ClNO. The van der Waals surface area contributed by atoms with Gasteiger partial charge in [0.15, 0.2) is 0 Å². The Labute approximate surface area is 96.4 Å². The minimum atomic E-state index is -0.0915. The van der Waals surface area contributed by atoms with E-state index in [-0.39, 0.29) is 11.5 Å². The zero-order chi connectivity index (χ0) is 11.6. The summed E-state index contributed by atoms with van der Waals surface area (Å²) >= 11 is 5.96. The highest BCUT2D eigenvalue weighted by molar-refractivity contribution is 6.30. The smallest absolute Gasteiger partial charge is 0.123 e. The second kappa shape index (κ2) is 4.42. The number of hydrogen-bond acceptors (Lipinski definition) is 2. The van der Waals surface area contributed by atoms with Crippen LogP contribution in [-0.2, 0) is 0 Å². The lowest BCUT2D eigenvalue weighted by Gasteiger charge is -2.28. The van der Waals surface area contributed by atoms with Gasteiger partial charge in [-0.3, -0.25) is 0 Å². The van der Waals surface area contributed by atoms with Crippen LogP contribution in [0.2, 0.25) is 5.02 Å². The van der Waals surface area contributed by atoms with E-state index in [0.717, 1.165) is 11.3 Å².